The quantitative estimate of drug-likeness (QED) is 0.567. The van der Waals surface area contributed by atoms with Gasteiger partial charge in [-0.2, -0.15) is 13.2 Å². The zero-order valence-electron chi connectivity index (χ0n) is 12.6. The first-order chi connectivity index (χ1) is 11.6. The molecule has 0 spiro atoms. The van der Waals surface area contributed by atoms with Gasteiger partial charge in [0, 0.05) is 5.02 Å². The van der Waals surface area contributed by atoms with Crippen molar-refractivity contribution in [2.24, 2.45) is 0 Å². The van der Waals surface area contributed by atoms with Gasteiger partial charge in [-0.05, 0) is 36.4 Å². The Bertz CT molecular complexity index is 862. The number of carbonyl (C=O) groups is 1. The third kappa shape index (κ3) is 5.20. The number of hydrogen-bond donors (Lipinski definition) is 0. The fraction of sp³-hybridized carbons (Fsp3) is 0.188. The number of benzene rings is 2. The second-order valence-electron chi connectivity index (χ2n) is 4.99. The first-order valence-electron chi connectivity index (χ1n) is 6.95. The summed E-state index contributed by atoms with van der Waals surface area (Å²) in [6.07, 6.45) is -5.27. The molecule has 0 aromatic heterocycles. The van der Waals surface area contributed by atoms with Crippen molar-refractivity contribution in [1.29, 1.82) is 0 Å². The van der Waals surface area contributed by atoms with Crippen LogP contribution in [-0.2, 0) is 20.8 Å². The second kappa shape index (κ2) is 7.45. The zero-order chi connectivity index (χ0) is 18.7. The maximum absolute atomic E-state index is 12.8. The van der Waals surface area contributed by atoms with Gasteiger partial charge in [0.2, 0.25) is 0 Å². The maximum atomic E-state index is 12.8. The summed E-state index contributed by atoms with van der Waals surface area (Å²) >= 11 is 5.67. The molecule has 0 aliphatic carbocycles. The van der Waals surface area contributed by atoms with E-state index in [9.17, 15) is 26.4 Å². The van der Waals surface area contributed by atoms with Gasteiger partial charge in [-0.15, -0.1) is 0 Å². The molecule has 0 bridgehead atoms. The van der Waals surface area contributed by atoms with Gasteiger partial charge >= 0.3 is 12.1 Å². The number of ether oxygens (including phenoxy) is 1. The van der Waals surface area contributed by atoms with Gasteiger partial charge < -0.3 is 4.74 Å². The molecule has 0 aliphatic rings. The standard InChI is InChI=1S/C16H12ClF3O4S/c17-11-5-7-12(8-6-11)25(22,23)10-9-15(21)24-14-4-2-1-3-13(14)16(18,19)20/h1-8H,9-10H2. The molecule has 0 saturated heterocycles. The predicted octanol–water partition coefficient (Wildman–Crippen LogP) is 4.13. The normalized spacial score (nSPS) is 12.0. The minimum atomic E-state index is -4.69. The van der Waals surface area contributed by atoms with E-state index in [0.29, 0.717) is 5.02 Å². The highest BCUT2D eigenvalue weighted by Crippen LogP contribution is 2.36. The molecule has 0 fully saturated rings. The van der Waals surface area contributed by atoms with Crippen molar-refractivity contribution >= 4 is 27.4 Å². The predicted molar refractivity (Wildman–Crippen MR) is 85.2 cm³/mol. The summed E-state index contributed by atoms with van der Waals surface area (Å²) < 4.78 is 67.4. The van der Waals surface area contributed by atoms with Gasteiger partial charge in [-0.3, -0.25) is 4.79 Å². The number of rotatable bonds is 5. The van der Waals surface area contributed by atoms with E-state index in [1.54, 1.807) is 0 Å². The average Bonchev–Trinajstić information content (AvgIpc) is 2.53. The molecule has 0 N–H and O–H groups in total. The van der Waals surface area contributed by atoms with Gasteiger partial charge in [0.25, 0.3) is 0 Å². The second-order valence-corrected chi connectivity index (χ2v) is 7.54. The summed E-state index contributed by atoms with van der Waals surface area (Å²) in [7, 11) is -3.78. The van der Waals surface area contributed by atoms with Crippen molar-refractivity contribution < 1.29 is 31.1 Å². The van der Waals surface area contributed by atoms with E-state index in [0.717, 1.165) is 18.2 Å². The molecule has 0 atom stereocenters. The van der Waals surface area contributed by atoms with Crippen LogP contribution < -0.4 is 4.74 Å². The molecular weight excluding hydrogens is 381 g/mol. The van der Waals surface area contributed by atoms with E-state index in [4.69, 9.17) is 11.6 Å². The van der Waals surface area contributed by atoms with Crippen molar-refractivity contribution in [3.63, 3.8) is 0 Å². The fourth-order valence-corrected chi connectivity index (χ4v) is 3.29. The molecule has 2 aromatic carbocycles. The first kappa shape index (κ1) is 19.3. The number of sulfone groups is 1. The van der Waals surface area contributed by atoms with Crippen LogP contribution in [0, 0.1) is 0 Å². The Kier molecular flexibility index (Phi) is 5.74. The van der Waals surface area contributed by atoms with Gasteiger partial charge in [0.15, 0.2) is 9.84 Å². The largest absolute Gasteiger partial charge is 0.426 e. The van der Waals surface area contributed by atoms with E-state index in [1.807, 2.05) is 0 Å². The van der Waals surface area contributed by atoms with Gasteiger partial charge in [-0.1, -0.05) is 23.7 Å². The number of para-hydroxylation sites is 1. The highest BCUT2D eigenvalue weighted by molar-refractivity contribution is 7.91. The molecule has 0 heterocycles. The van der Waals surface area contributed by atoms with Crippen molar-refractivity contribution in [2.45, 2.75) is 17.5 Å². The molecule has 4 nitrogen and oxygen atoms in total. The summed E-state index contributed by atoms with van der Waals surface area (Å²) in [5, 5.41) is 0.349. The Morgan fingerprint density at radius 3 is 2.24 bits per heavy atom. The molecule has 0 aliphatic heterocycles. The lowest BCUT2D eigenvalue weighted by atomic mass is 10.2. The molecule has 0 amide bonds. The minimum Gasteiger partial charge on any atom is -0.426 e. The topological polar surface area (TPSA) is 60.4 Å². The molecule has 2 aromatic rings. The van der Waals surface area contributed by atoms with Crippen molar-refractivity contribution in [3.8, 4) is 5.75 Å². The minimum absolute atomic E-state index is 0.0413. The molecule has 9 heteroatoms. The van der Waals surface area contributed by atoms with Crippen LogP contribution >= 0.6 is 11.6 Å². The van der Waals surface area contributed by atoms with Crippen LogP contribution in [0.15, 0.2) is 53.4 Å². The van der Waals surface area contributed by atoms with Crippen molar-refractivity contribution in [2.75, 3.05) is 5.75 Å². The molecule has 0 saturated carbocycles. The lowest BCUT2D eigenvalue weighted by Gasteiger charge is -2.12. The lowest BCUT2D eigenvalue weighted by molar-refractivity contribution is -0.142. The van der Waals surface area contributed by atoms with Crippen LogP contribution in [0.1, 0.15) is 12.0 Å². The van der Waals surface area contributed by atoms with Gasteiger partial charge in [0.05, 0.1) is 22.6 Å². The summed E-state index contributed by atoms with van der Waals surface area (Å²) in [5.74, 6) is -2.33. The zero-order valence-corrected chi connectivity index (χ0v) is 14.2. The third-order valence-electron chi connectivity index (χ3n) is 3.16. The smallest absolute Gasteiger partial charge is 0.419 e. The Labute approximate surface area is 147 Å². The molecule has 0 unspecified atom stereocenters. The van der Waals surface area contributed by atoms with E-state index >= 15 is 0 Å². The Hall–Kier alpha value is -2.06. The van der Waals surface area contributed by atoms with Crippen LogP contribution in [-0.4, -0.2) is 20.1 Å². The molecule has 134 valence electrons. The molecule has 0 radical (unpaired) electrons. The highest BCUT2D eigenvalue weighted by Gasteiger charge is 2.34. The summed E-state index contributed by atoms with van der Waals surface area (Å²) in [6, 6.07) is 9.53. The summed E-state index contributed by atoms with van der Waals surface area (Å²) in [5.41, 5.74) is -1.11. The Balaban J connectivity index is 2.06. The third-order valence-corrected chi connectivity index (χ3v) is 5.15. The monoisotopic (exact) mass is 392 g/mol. The van der Waals surface area contributed by atoms with Crippen LogP contribution in [0.2, 0.25) is 5.02 Å². The number of carbonyl (C=O) groups excluding carboxylic acids is 1. The van der Waals surface area contributed by atoms with Gasteiger partial charge in [-0.25, -0.2) is 8.42 Å². The van der Waals surface area contributed by atoms with Crippen molar-refractivity contribution in [1.82, 2.24) is 0 Å². The first-order valence-corrected chi connectivity index (χ1v) is 8.98. The van der Waals surface area contributed by atoms with Gasteiger partial charge in [0.1, 0.15) is 5.75 Å². The van der Waals surface area contributed by atoms with Crippen LogP contribution in [0.5, 0.6) is 5.75 Å². The van der Waals surface area contributed by atoms with Crippen LogP contribution in [0.25, 0.3) is 0 Å². The molecular formula is C16H12ClF3O4S. The summed E-state index contributed by atoms with van der Waals surface area (Å²) in [6.45, 7) is 0. The fourth-order valence-electron chi connectivity index (χ4n) is 1.94. The number of alkyl halides is 3. The average molecular weight is 393 g/mol. The van der Waals surface area contributed by atoms with Crippen LogP contribution in [0.4, 0.5) is 13.2 Å². The van der Waals surface area contributed by atoms with E-state index in [2.05, 4.69) is 4.74 Å². The van der Waals surface area contributed by atoms with E-state index < -0.39 is 45.5 Å². The van der Waals surface area contributed by atoms with E-state index in [-0.39, 0.29) is 4.90 Å². The number of esters is 1. The highest BCUT2D eigenvalue weighted by atomic mass is 35.5. The van der Waals surface area contributed by atoms with E-state index in [1.165, 1.54) is 30.3 Å². The number of hydrogen-bond acceptors (Lipinski definition) is 4. The SMILES string of the molecule is O=C(CCS(=O)(=O)c1ccc(Cl)cc1)Oc1ccccc1C(F)(F)F. The Morgan fingerprint density at radius 1 is 1.04 bits per heavy atom. The maximum Gasteiger partial charge on any atom is 0.419 e. The summed E-state index contributed by atoms with van der Waals surface area (Å²) in [4.78, 5) is 11.7. The Morgan fingerprint density at radius 2 is 1.64 bits per heavy atom. The lowest BCUT2D eigenvalue weighted by Crippen LogP contribution is -2.17. The van der Waals surface area contributed by atoms with Crippen molar-refractivity contribution in [3.05, 3.63) is 59.1 Å². The number of halogens is 4. The van der Waals surface area contributed by atoms with Crippen LogP contribution in [0.3, 0.4) is 0 Å². The molecule has 2 rings (SSSR count). The molecule has 25 heavy (non-hydrogen) atoms.